The van der Waals surface area contributed by atoms with Crippen LogP contribution in [0.2, 0.25) is 39.3 Å². The summed E-state index contributed by atoms with van der Waals surface area (Å²) in [5.41, 5.74) is 32.1. The van der Waals surface area contributed by atoms with Crippen LogP contribution in [0, 0.1) is 0 Å². The molecule has 0 atom stereocenters. The summed E-state index contributed by atoms with van der Waals surface area (Å²) in [7, 11) is -6.01. The van der Waals surface area contributed by atoms with Crippen molar-refractivity contribution in [1.29, 1.82) is 0 Å². The first-order valence-electron chi connectivity index (χ1n) is 47.3. The molecule has 650 valence electrons. The largest absolute Gasteiger partial charge is 0.455 e. The number of hydrogen-bond donors (Lipinski definition) is 0. The molecular formula is C123H89N9OSSi3. The summed E-state index contributed by atoms with van der Waals surface area (Å²) in [6.45, 7) is 19.3. The number of hydrogen-bond acceptors (Lipinski definition) is 8. The van der Waals surface area contributed by atoms with Gasteiger partial charge in [-0.15, -0.1) is 11.3 Å². The lowest BCUT2D eigenvalue weighted by atomic mass is 9.80. The van der Waals surface area contributed by atoms with E-state index < -0.39 is 24.2 Å². The van der Waals surface area contributed by atoms with Crippen molar-refractivity contribution >= 4 is 174 Å². The van der Waals surface area contributed by atoms with Crippen LogP contribution in [0.4, 0.5) is 0 Å². The SMILES string of the molecule is CC1(C)c2ccccc2-c2ccc3c(c21)c1ccccc1n3-c1nc(-c2ccccc2)c2c(n1)-c1ccccc1[Si]2(C)C.C[Si]1(C)c2ccccc2-c2nc(-c3ccc(-n4c5ccccc5c5c6oc7ccccc7c6ccc54)cc3)nc(-c3ccccc3)c21.C[Si]1(C)c2ccccc2-c2nc(-c3ccc(-n4c5ccccc5c5c6sc7ccccc7c6ccc54)cc3)nc(-c3ccccc3)c21. The van der Waals surface area contributed by atoms with Gasteiger partial charge in [0.1, 0.15) is 35.4 Å². The summed E-state index contributed by atoms with van der Waals surface area (Å²) in [5.74, 6) is 2.25. The molecule has 0 amide bonds. The van der Waals surface area contributed by atoms with E-state index in [1.165, 1.54) is 128 Å². The van der Waals surface area contributed by atoms with E-state index in [2.05, 4.69) is 449 Å². The Balaban J connectivity index is 0.000000104. The highest BCUT2D eigenvalue weighted by molar-refractivity contribution is 7.26. The first-order valence-corrected chi connectivity index (χ1v) is 57.1. The summed E-state index contributed by atoms with van der Waals surface area (Å²) < 4.78 is 16.2. The molecular weight excluding hydrogens is 1740 g/mol. The highest BCUT2D eigenvalue weighted by atomic mass is 32.1. The number of benzene rings is 17. The van der Waals surface area contributed by atoms with Gasteiger partial charge in [0, 0.05) is 102 Å². The predicted molar refractivity (Wildman–Crippen MR) is 581 cm³/mol. The molecule has 8 aromatic heterocycles. The summed E-state index contributed by atoms with van der Waals surface area (Å²) in [5, 5.41) is 20.7. The van der Waals surface area contributed by atoms with Crippen molar-refractivity contribution in [2.75, 3.05) is 0 Å². The Labute approximate surface area is 798 Å². The Morgan fingerprint density at radius 1 is 0.263 bits per heavy atom. The highest BCUT2D eigenvalue weighted by Crippen LogP contribution is 2.54. The molecule has 17 aromatic carbocycles. The van der Waals surface area contributed by atoms with Crippen LogP contribution in [0.25, 0.3) is 226 Å². The van der Waals surface area contributed by atoms with E-state index in [0.29, 0.717) is 0 Å². The molecule has 0 spiro atoms. The minimum absolute atomic E-state index is 0.122. The Hall–Kier alpha value is -15.9. The summed E-state index contributed by atoms with van der Waals surface area (Å²) in [6, 6.07) is 142. The zero-order chi connectivity index (χ0) is 91.6. The van der Waals surface area contributed by atoms with Crippen molar-refractivity contribution < 1.29 is 4.42 Å². The van der Waals surface area contributed by atoms with Gasteiger partial charge in [-0.25, -0.2) is 29.9 Å². The fourth-order valence-electron chi connectivity index (χ4n) is 23.7. The summed E-state index contributed by atoms with van der Waals surface area (Å²) >= 11 is 1.89. The molecule has 11 heterocycles. The number of nitrogens with zero attached hydrogens (tertiary/aromatic N) is 9. The van der Waals surface area contributed by atoms with Crippen LogP contribution >= 0.6 is 11.3 Å². The van der Waals surface area contributed by atoms with E-state index in [9.17, 15) is 0 Å². The van der Waals surface area contributed by atoms with Gasteiger partial charge in [0.25, 0.3) is 0 Å². The first-order chi connectivity index (χ1) is 67.0. The fourth-order valence-corrected chi connectivity index (χ4v) is 34.7. The smallest absolute Gasteiger partial charge is 0.235 e. The maximum absolute atomic E-state index is 6.50. The Morgan fingerprint density at radius 3 is 1.16 bits per heavy atom. The third kappa shape index (κ3) is 12.0. The lowest BCUT2D eigenvalue weighted by Crippen LogP contribution is -2.50. The van der Waals surface area contributed by atoms with Crippen LogP contribution in [-0.4, -0.2) is 67.8 Å². The van der Waals surface area contributed by atoms with E-state index in [1.54, 1.807) is 0 Å². The molecule has 0 fully saturated rings. The number of aromatic nitrogens is 9. The molecule has 14 heteroatoms. The average molecular weight is 1830 g/mol. The molecule has 0 N–H and O–H groups in total. The van der Waals surface area contributed by atoms with Gasteiger partial charge in [0.2, 0.25) is 5.95 Å². The van der Waals surface area contributed by atoms with Crippen molar-refractivity contribution in [3.63, 3.8) is 0 Å². The first kappa shape index (κ1) is 80.7. The van der Waals surface area contributed by atoms with Gasteiger partial charge in [0.15, 0.2) is 11.6 Å². The lowest BCUT2D eigenvalue weighted by molar-refractivity contribution is 0.666. The van der Waals surface area contributed by atoms with Gasteiger partial charge in [-0.2, -0.15) is 0 Å². The molecule has 137 heavy (non-hydrogen) atoms. The molecule has 0 radical (unpaired) electrons. The van der Waals surface area contributed by atoms with Gasteiger partial charge < -0.3 is 13.6 Å². The van der Waals surface area contributed by atoms with Crippen molar-refractivity contribution in [1.82, 2.24) is 43.6 Å². The van der Waals surface area contributed by atoms with E-state index in [-0.39, 0.29) is 5.41 Å². The summed E-state index contributed by atoms with van der Waals surface area (Å²) in [6.07, 6.45) is 0. The highest BCUT2D eigenvalue weighted by Gasteiger charge is 2.46. The lowest BCUT2D eigenvalue weighted by Gasteiger charge is -2.23. The van der Waals surface area contributed by atoms with Gasteiger partial charge >= 0.3 is 0 Å². The molecule has 29 rings (SSSR count). The van der Waals surface area contributed by atoms with Crippen LogP contribution in [-0.2, 0) is 5.41 Å². The standard InChI is InChI=1S/C42H29N3OSi.C42H29N3SSi.C39H31N3Si/c2*1-47(2)36-19-11-8-16-32(36)39-41(47)38(26-12-4-3-5-13-26)43-42(44-39)27-20-22-28(23-21-27)45-33-17-9-6-15-31(33)37-34(45)25-24-30-29-14-7-10-18-35(29)46-40(30)37;1-39(2)29-19-11-8-16-25(29)26-22-23-31-33(34(26)39)27-17-9-12-20-30(27)42(31)38-40-35(24-14-6-5-7-15-24)37-36(41-38)28-18-10-13-21-32(28)43(37,3)4/h2*3-25H,1-2H3;5-23H,1-4H3. The van der Waals surface area contributed by atoms with Crippen molar-refractivity contribution in [2.45, 2.75) is 58.5 Å². The average Bonchev–Trinajstić information content (AvgIpc) is 1.51. The minimum atomic E-state index is -2.03. The van der Waals surface area contributed by atoms with Gasteiger partial charge in [-0.1, -0.05) is 344 Å². The molecule has 0 saturated heterocycles. The maximum atomic E-state index is 6.50. The summed E-state index contributed by atoms with van der Waals surface area (Å²) in [4.78, 5) is 32.2. The van der Waals surface area contributed by atoms with Crippen LogP contribution in [0.15, 0.2) is 399 Å². The van der Waals surface area contributed by atoms with Gasteiger partial charge in [0.05, 0.1) is 72.6 Å². The van der Waals surface area contributed by atoms with E-state index in [1.807, 2.05) is 23.5 Å². The van der Waals surface area contributed by atoms with Crippen LogP contribution in [0.5, 0.6) is 0 Å². The second kappa shape index (κ2) is 30.3. The molecule has 25 aromatic rings. The van der Waals surface area contributed by atoms with Crippen LogP contribution < -0.4 is 31.1 Å². The molecule has 4 aliphatic rings. The third-order valence-corrected chi connectivity index (χ3v) is 41.7. The van der Waals surface area contributed by atoms with Gasteiger partial charge in [-0.3, -0.25) is 4.57 Å². The van der Waals surface area contributed by atoms with Crippen molar-refractivity contribution in [3.8, 4) is 119 Å². The normalized spacial score (nSPS) is 14.1. The fraction of sp³-hybridized carbons (Fsp3) is 0.0732. The Bertz CT molecular complexity index is 9040. The number of rotatable bonds is 8. The van der Waals surface area contributed by atoms with Crippen LogP contribution in [0.1, 0.15) is 25.0 Å². The number of thiophene rings is 1. The third-order valence-electron chi connectivity index (χ3n) is 30.0. The molecule has 0 saturated carbocycles. The topological polar surface area (TPSA) is 105 Å². The van der Waals surface area contributed by atoms with E-state index in [0.717, 1.165) is 140 Å². The minimum Gasteiger partial charge on any atom is -0.455 e. The molecule has 0 unspecified atom stereocenters. The number of fused-ring (bicyclic) bond motifs is 30. The second-order valence-corrected chi connectivity index (χ2v) is 52.9. The van der Waals surface area contributed by atoms with Crippen molar-refractivity contribution in [2.24, 2.45) is 0 Å². The monoisotopic (exact) mass is 1820 g/mol. The number of para-hydroxylation sites is 4. The molecule has 1 aliphatic carbocycles. The zero-order valence-electron chi connectivity index (χ0n) is 76.9. The van der Waals surface area contributed by atoms with E-state index in [4.69, 9.17) is 34.3 Å². The quantitative estimate of drug-likeness (QED) is 0.140. The molecule has 10 nitrogen and oxygen atoms in total. The Kier molecular flexibility index (Phi) is 17.8. The molecule has 0 bridgehead atoms. The van der Waals surface area contributed by atoms with Crippen LogP contribution in [0.3, 0.4) is 0 Å². The Morgan fingerprint density at radius 2 is 0.635 bits per heavy atom. The van der Waals surface area contributed by atoms with E-state index >= 15 is 0 Å². The zero-order valence-corrected chi connectivity index (χ0v) is 80.7. The maximum Gasteiger partial charge on any atom is 0.235 e. The predicted octanol–water partition coefficient (Wildman–Crippen LogP) is 28.0. The second-order valence-electron chi connectivity index (χ2n) is 39.0. The number of furan rings is 1. The van der Waals surface area contributed by atoms with Gasteiger partial charge in [-0.05, 0) is 173 Å². The molecule has 3 aliphatic heterocycles. The van der Waals surface area contributed by atoms with Crippen molar-refractivity contribution in [3.05, 3.63) is 405 Å².